The number of hydrogen-bond acceptors (Lipinski definition) is 3. The highest BCUT2D eigenvalue weighted by atomic mass is 79.9. The maximum atomic E-state index is 5.67. The zero-order valence-electron chi connectivity index (χ0n) is 8.65. The zero-order chi connectivity index (χ0) is 10.7. The third-order valence-corrected chi connectivity index (χ3v) is 3.06. The quantitative estimate of drug-likeness (QED) is 0.842. The summed E-state index contributed by atoms with van der Waals surface area (Å²) in [7, 11) is 1.63. The lowest BCUT2D eigenvalue weighted by molar-refractivity contribution is -0.834. The fraction of sp³-hybridized carbons (Fsp3) is 0.667. The Kier molecular flexibility index (Phi) is 3.74. The smallest absolute Gasteiger partial charge is 0.272 e. The largest absolute Gasteiger partial charge is 0.356 e. The molecule has 0 radical (unpaired) electrons. The molecule has 1 fully saturated rings. The molecule has 1 aromatic rings. The van der Waals surface area contributed by atoms with Crippen LogP contribution in [0.5, 0.6) is 0 Å². The van der Waals surface area contributed by atoms with E-state index in [1.165, 1.54) is 6.42 Å². The number of nitrogens with two attached hydrogens (primary N) is 1. The number of nitrogens with zero attached hydrogens (tertiary/aromatic N) is 2. The molecule has 1 atom stereocenters. The van der Waals surface area contributed by atoms with E-state index in [1.54, 1.807) is 18.8 Å². The van der Waals surface area contributed by atoms with Gasteiger partial charge in [-0.1, -0.05) is 0 Å². The number of ether oxygens (including phenoxy) is 1. The molecule has 15 heavy (non-hydrogen) atoms. The summed E-state index contributed by atoms with van der Waals surface area (Å²) < 4.78 is 8.47. The number of quaternary nitrogens is 1. The van der Waals surface area contributed by atoms with Crippen LogP contribution in [0.2, 0.25) is 0 Å². The Morgan fingerprint density at radius 3 is 3.20 bits per heavy atom. The van der Waals surface area contributed by atoms with Gasteiger partial charge in [0, 0.05) is 6.61 Å². The van der Waals surface area contributed by atoms with Gasteiger partial charge in [0.1, 0.15) is 4.47 Å². The van der Waals surface area contributed by atoms with Gasteiger partial charge in [-0.25, -0.2) is 4.84 Å². The molecule has 2 heterocycles. The molecule has 1 unspecified atom stereocenters. The van der Waals surface area contributed by atoms with Gasteiger partial charge in [0.25, 0.3) is 5.82 Å². The minimum atomic E-state index is 0.0476. The second-order valence-corrected chi connectivity index (χ2v) is 4.35. The standard InChI is InChI=1S/C9H14BrN3O2/c1-14-12-9-7(10)6-11-13(9)8-4-2-3-5-15-8/h6,8,12H,2-5H2,1H3/p+1. The molecule has 6 heteroatoms. The maximum Gasteiger partial charge on any atom is 0.272 e. The molecule has 1 aromatic heterocycles. The molecule has 2 N–H and O–H groups in total. The van der Waals surface area contributed by atoms with E-state index in [4.69, 9.17) is 9.57 Å². The summed E-state index contributed by atoms with van der Waals surface area (Å²) in [5.74, 6) is 0.921. The maximum absolute atomic E-state index is 5.67. The molecule has 0 bridgehead atoms. The Morgan fingerprint density at radius 2 is 2.53 bits per heavy atom. The predicted octanol–water partition coefficient (Wildman–Crippen LogP) is 1.10. The summed E-state index contributed by atoms with van der Waals surface area (Å²) in [6.07, 6.45) is 5.16. The average molecular weight is 277 g/mol. The molecule has 0 saturated carbocycles. The summed E-state index contributed by atoms with van der Waals surface area (Å²) in [5.41, 5.74) is 1.68. The lowest BCUT2D eigenvalue weighted by Gasteiger charge is -2.22. The minimum absolute atomic E-state index is 0.0476. The van der Waals surface area contributed by atoms with E-state index in [1.807, 2.05) is 4.68 Å². The first kappa shape index (κ1) is 11.1. The van der Waals surface area contributed by atoms with Crippen LogP contribution in [0.1, 0.15) is 25.5 Å². The average Bonchev–Trinajstić information content (AvgIpc) is 2.63. The van der Waals surface area contributed by atoms with Crippen LogP contribution in [-0.4, -0.2) is 23.5 Å². The van der Waals surface area contributed by atoms with Crippen molar-refractivity contribution in [1.29, 1.82) is 0 Å². The first-order chi connectivity index (χ1) is 7.33. The monoisotopic (exact) mass is 276 g/mol. The van der Waals surface area contributed by atoms with Crippen molar-refractivity contribution >= 4 is 21.7 Å². The van der Waals surface area contributed by atoms with Crippen molar-refractivity contribution in [1.82, 2.24) is 9.78 Å². The van der Waals surface area contributed by atoms with Crippen LogP contribution in [0.25, 0.3) is 0 Å². The van der Waals surface area contributed by atoms with E-state index >= 15 is 0 Å². The van der Waals surface area contributed by atoms with E-state index in [0.29, 0.717) is 0 Å². The van der Waals surface area contributed by atoms with Gasteiger partial charge in [0.2, 0.25) is 0 Å². The van der Waals surface area contributed by atoms with Gasteiger partial charge in [0.05, 0.1) is 13.3 Å². The third kappa shape index (κ3) is 2.39. The Morgan fingerprint density at radius 1 is 1.67 bits per heavy atom. The second kappa shape index (κ2) is 5.07. The summed E-state index contributed by atoms with van der Waals surface area (Å²) in [6.45, 7) is 0.814. The lowest BCUT2D eigenvalue weighted by Crippen LogP contribution is -2.77. The Labute approximate surface area is 96.8 Å². The highest BCUT2D eigenvalue weighted by molar-refractivity contribution is 9.10. The Hall–Kier alpha value is -0.430. The van der Waals surface area contributed by atoms with Crippen molar-refractivity contribution in [3.05, 3.63) is 10.7 Å². The Bertz CT molecular complexity index is 323. The van der Waals surface area contributed by atoms with Gasteiger partial charge < -0.3 is 4.74 Å². The molecule has 84 valence electrons. The fourth-order valence-electron chi connectivity index (χ4n) is 1.72. The number of rotatable bonds is 3. The van der Waals surface area contributed by atoms with Gasteiger partial charge >= 0.3 is 0 Å². The van der Waals surface area contributed by atoms with Crippen molar-refractivity contribution in [3.63, 3.8) is 0 Å². The van der Waals surface area contributed by atoms with Crippen molar-refractivity contribution in [2.24, 2.45) is 0 Å². The van der Waals surface area contributed by atoms with Crippen LogP contribution < -0.4 is 5.48 Å². The zero-order valence-corrected chi connectivity index (χ0v) is 10.2. The molecule has 0 amide bonds. The predicted molar refractivity (Wildman–Crippen MR) is 57.4 cm³/mol. The topological polar surface area (TPSA) is 52.9 Å². The second-order valence-electron chi connectivity index (χ2n) is 3.50. The van der Waals surface area contributed by atoms with Gasteiger partial charge in [-0.05, 0) is 35.2 Å². The first-order valence-corrected chi connectivity index (χ1v) is 5.83. The number of aromatic nitrogens is 2. The van der Waals surface area contributed by atoms with E-state index < -0.39 is 0 Å². The summed E-state index contributed by atoms with van der Waals surface area (Å²) in [4.78, 5) is 5.03. The van der Waals surface area contributed by atoms with E-state index in [2.05, 4.69) is 21.0 Å². The normalized spacial score (nSPS) is 21.9. The SMILES string of the molecule is CO[NH2+]c1c(Br)cnn1C1CCCCO1. The van der Waals surface area contributed by atoms with Crippen molar-refractivity contribution in [2.45, 2.75) is 25.5 Å². The molecule has 1 saturated heterocycles. The van der Waals surface area contributed by atoms with E-state index in [0.717, 1.165) is 29.7 Å². The summed E-state index contributed by atoms with van der Waals surface area (Å²) >= 11 is 3.43. The van der Waals surface area contributed by atoms with Crippen molar-refractivity contribution in [3.8, 4) is 0 Å². The summed E-state index contributed by atoms with van der Waals surface area (Å²) in [5, 5.41) is 4.29. The summed E-state index contributed by atoms with van der Waals surface area (Å²) in [6, 6.07) is 0. The van der Waals surface area contributed by atoms with Crippen molar-refractivity contribution < 1.29 is 15.1 Å². The molecule has 1 aliphatic rings. The minimum Gasteiger partial charge on any atom is -0.356 e. The third-order valence-electron chi connectivity index (χ3n) is 2.44. The molecular formula is C9H15BrN3O2+. The van der Waals surface area contributed by atoms with E-state index in [-0.39, 0.29) is 6.23 Å². The van der Waals surface area contributed by atoms with Crippen LogP contribution in [-0.2, 0) is 9.57 Å². The van der Waals surface area contributed by atoms with Crippen molar-refractivity contribution in [2.75, 3.05) is 13.7 Å². The van der Waals surface area contributed by atoms with Crippen LogP contribution >= 0.6 is 15.9 Å². The number of hydrogen-bond donors (Lipinski definition) is 1. The number of halogens is 1. The van der Waals surface area contributed by atoms with Gasteiger partial charge in [-0.2, -0.15) is 15.3 Å². The molecular weight excluding hydrogens is 262 g/mol. The molecule has 0 spiro atoms. The van der Waals surface area contributed by atoms with E-state index in [9.17, 15) is 0 Å². The fourth-order valence-corrected chi connectivity index (χ4v) is 2.09. The Balaban J connectivity index is 2.18. The highest BCUT2D eigenvalue weighted by Crippen LogP contribution is 2.27. The van der Waals surface area contributed by atoms with Crippen LogP contribution in [0.3, 0.4) is 0 Å². The lowest BCUT2D eigenvalue weighted by atomic mass is 10.2. The van der Waals surface area contributed by atoms with Crippen LogP contribution in [0.15, 0.2) is 10.7 Å². The molecule has 5 nitrogen and oxygen atoms in total. The van der Waals surface area contributed by atoms with Gasteiger partial charge in [-0.15, -0.1) is 0 Å². The van der Waals surface area contributed by atoms with Crippen LogP contribution in [0.4, 0.5) is 5.82 Å². The molecule has 1 aliphatic heterocycles. The molecule has 0 aromatic carbocycles. The van der Waals surface area contributed by atoms with Crippen LogP contribution in [0, 0.1) is 0 Å². The first-order valence-electron chi connectivity index (χ1n) is 5.03. The molecule has 0 aliphatic carbocycles. The van der Waals surface area contributed by atoms with Gasteiger partial charge in [0.15, 0.2) is 6.23 Å². The van der Waals surface area contributed by atoms with Gasteiger partial charge in [-0.3, -0.25) is 0 Å². The highest BCUT2D eigenvalue weighted by Gasteiger charge is 2.23. The molecule has 2 rings (SSSR count).